The fourth-order valence-electron chi connectivity index (χ4n) is 1.57. The third-order valence-electron chi connectivity index (χ3n) is 2.23. The molecule has 0 radical (unpaired) electrons. The predicted molar refractivity (Wildman–Crippen MR) is 52.9 cm³/mol. The molecule has 70 valence electrons. The van der Waals surface area contributed by atoms with Gasteiger partial charge >= 0.3 is 0 Å². The molecule has 0 saturated carbocycles. The van der Waals surface area contributed by atoms with E-state index in [0.717, 1.165) is 18.4 Å². The molecule has 4 heteroatoms. The Labute approximate surface area is 80.9 Å². The summed E-state index contributed by atoms with van der Waals surface area (Å²) in [5.74, 6) is 0.0864. The summed E-state index contributed by atoms with van der Waals surface area (Å²) in [5, 5.41) is 4.90. The van der Waals surface area contributed by atoms with Crippen LogP contribution in [0.1, 0.15) is 27.2 Å². The second kappa shape index (κ2) is 3.47. The normalized spacial score (nSPS) is 14.4. The number of nitrogens with one attached hydrogen (secondary N) is 1. The van der Waals surface area contributed by atoms with E-state index in [9.17, 15) is 4.79 Å². The average Bonchev–Trinajstić information content (AvgIpc) is 2.67. The first kappa shape index (κ1) is 8.72. The Morgan fingerprint density at radius 1 is 1.62 bits per heavy atom. The van der Waals surface area contributed by atoms with E-state index in [1.807, 2.05) is 0 Å². The highest BCUT2D eigenvalue weighted by molar-refractivity contribution is 7.10. The van der Waals surface area contributed by atoms with Crippen molar-refractivity contribution in [2.24, 2.45) is 5.73 Å². The summed E-state index contributed by atoms with van der Waals surface area (Å²) in [7, 11) is 0. The molecule has 1 aliphatic heterocycles. The molecule has 0 atom stereocenters. The zero-order valence-electron chi connectivity index (χ0n) is 7.30. The van der Waals surface area contributed by atoms with Crippen LogP contribution in [0.15, 0.2) is 5.38 Å². The third kappa shape index (κ3) is 1.47. The van der Waals surface area contributed by atoms with E-state index in [0.29, 0.717) is 13.1 Å². The van der Waals surface area contributed by atoms with Crippen LogP contribution < -0.4 is 11.1 Å². The van der Waals surface area contributed by atoms with Crippen LogP contribution in [0.5, 0.6) is 0 Å². The van der Waals surface area contributed by atoms with E-state index in [4.69, 9.17) is 5.73 Å². The standard InChI is InChI=1S/C9H12N2OS/c10-3-1-2-6-5-13-7-4-11-9(12)8(6)7/h5H,1-4,10H2,(H,11,12). The van der Waals surface area contributed by atoms with E-state index in [-0.39, 0.29) is 5.91 Å². The lowest BCUT2D eigenvalue weighted by molar-refractivity contribution is 0.0965. The van der Waals surface area contributed by atoms with Gasteiger partial charge in [0.2, 0.25) is 0 Å². The molecule has 0 saturated heterocycles. The first-order valence-electron chi connectivity index (χ1n) is 4.40. The lowest BCUT2D eigenvalue weighted by Crippen LogP contribution is -2.14. The molecular formula is C9H12N2OS. The number of thiophene rings is 1. The lowest BCUT2D eigenvalue weighted by atomic mass is 10.1. The molecule has 3 nitrogen and oxygen atoms in total. The van der Waals surface area contributed by atoms with Gasteiger partial charge in [0.1, 0.15) is 0 Å². The number of fused-ring (bicyclic) bond motifs is 1. The zero-order chi connectivity index (χ0) is 9.26. The van der Waals surface area contributed by atoms with E-state index in [2.05, 4.69) is 10.7 Å². The number of aryl methyl sites for hydroxylation is 1. The van der Waals surface area contributed by atoms with Crippen LogP contribution in [0.3, 0.4) is 0 Å². The topological polar surface area (TPSA) is 55.1 Å². The minimum Gasteiger partial charge on any atom is -0.347 e. The van der Waals surface area contributed by atoms with Gasteiger partial charge in [-0.05, 0) is 30.3 Å². The summed E-state index contributed by atoms with van der Waals surface area (Å²) in [4.78, 5) is 12.6. The third-order valence-corrected chi connectivity index (χ3v) is 3.27. The van der Waals surface area contributed by atoms with Crippen molar-refractivity contribution in [3.63, 3.8) is 0 Å². The molecule has 0 fully saturated rings. The number of rotatable bonds is 3. The molecule has 2 heterocycles. The predicted octanol–water partition coefficient (Wildman–Crippen LogP) is 0.883. The van der Waals surface area contributed by atoms with E-state index in [1.54, 1.807) is 11.3 Å². The van der Waals surface area contributed by atoms with Crippen molar-refractivity contribution >= 4 is 17.2 Å². The average molecular weight is 196 g/mol. The van der Waals surface area contributed by atoms with E-state index < -0.39 is 0 Å². The van der Waals surface area contributed by atoms with Gasteiger partial charge in [-0.25, -0.2) is 0 Å². The Balaban J connectivity index is 2.23. The first-order valence-corrected chi connectivity index (χ1v) is 5.28. The van der Waals surface area contributed by atoms with Gasteiger partial charge < -0.3 is 11.1 Å². The summed E-state index contributed by atoms with van der Waals surface area (Å²) in [6.07, 6.45) is 1.88. The molecule has 3 N–H and O–H groups in total. The molecule has 1 aliphatic rings. The summed E-state index contributed by atoms with van der Waals surface area (Å²) in [5.41, 5.74) is 7.51. The van der Waals surface area contributed by atoms with Gasteiger partial charge in [-0.1, -0.05) is 0 Å². The molecule has 1 aromatic rings. The maximum Gasteiger partial charge on any atom is 0.253 e. The molecule has 0 bridgehead atoms. The van der Waals surface area contributed by atoms with Crippen molar-refractivity contribution in [3.8, 4) is 0 Å². The maximum absolute atomic E-state index is 11.4. The second-order valence-corrected chi connectivity index (χ2v) is 4.10. The molecule has 1 amide bonds. The van der Waals surface area contributed by atoms with Crippen LogP contribution in [0.25, 0.3) is 0 Å². The highest BCUT2D eigenvalue weighted by Gasteiger charge is 2.23. The number of nitrogens with two attached hydrogens (primary N) is 1. The monoisotopic (exact) mass is 196 g/mol. The summed E-state index contributed by atoms with van der Waals surface area (Å²) in [6, 6.07) is 0. The SMILES string of the molecule is NCCCc1csc2c1C(=O)NC2. The van der Waals surface area contributed by atoms with Gasteiger partial charge in [0.15, 0.2) is 0 Å². The van der Waals surface area contributed by atoms with Gasteiger partial charge in [0.05, 0.1) is 12.1 Å². The molecular weight excluding hydrogens is 184 g/mol. The molecule has 13 heavy (non-hydrogen) atoms. The zero-order valence-corrected chi connectivity index (χ0v) is 8.12. The second-order valence-electron chi connectivity index (χ2n) is 3.13. The van der Waals surface area contributed by atoms with Crippen molar-refractivity contribution in [1.82, 2.24) is 5.32 Å². The number of carbonyl (C=O) groups excluding carboxylic acids is 1. The Morgan fingerprint density at radius 3 is 3.23 bits per heavy atom. The van der Waals surface area contributed by atoms with E-state index in [1.165, 1.54) is 10.4 Å². The highest BCUT2D eigenvalue weighted by Crippen LogP contribution is 2.27. The van der Waals surface area contributed by atoms with Crippen LogP contribution >= 0.6 is 11.3 Å². The smallest absolute Gasteiger partial charge is 0.253 e. The molecule has 0 aliphatic carbocycles. The number of hydrogen-bond donors (Lipinski definition) is 2. The van der Waals surface area contributed by atoms with Gasteiger partial charge in [-0.15, -0.1) is 11.3 Å². The van der Waals surface area contributed by atoms with Gasteiger partial charge in [0, 0.05) is 4.88 Å². The van der Waals surface area contributed by atoms with Crippen molar-refractivity contribution in [2.45, 2.75) is 19.4 Å². The van der Waals surface area contributed by atoms with Crippen LogP contribution in [0.2, 0.25) is 0 Å². The quantitative estimate of drug-likeness (QED) is 0.754. The lowest BCUT2D eigenvalue weighted by Gasteiger charge is -1.97. The van der Waals surface area contributed by atoms with Crippen molar-refractivity contribution in [2.75, 3.05) is 6.54 Å². The van der Waals surface area contributed by atoms with Crippen LogP contribution in [0.4, 0.5) is 0 Å². The Hall–Kier alpha value is -0.870. The highest BCUT2D eigenvalue weighted by atomic mass is 32.1. The minimum atomic E-state index is 0.0864. The number of hydrogen-bond acceptors (Lipinski definition) is 3. The van der Waals surface area contributed by atoms with Crippen LogP contribution in [-0.4, -0.2) is 12.5 Å². The number of amides is 1. The fraction of sp³-hybridized carbons (Fsp3) is 0.444. The van der Waals surface area contributed by atoms with E-state index >= 15 is 0 Å². The number of carbonyl (C=O) groups is 1. The van der Waals surface area contributed by atoms with Crippen LogP contribution in [0, 0.1) is 0 Å². The Kier molecular flexibility index (Phi) is 2.33. The van der Waals surface area contributed by atoms with Crippen molar-refractivity contribution in [1.29, 1.82) is 0 Å². The van der Waals surface area contributed by atoms with Gasteiger partial charge in [-0.2, -0.15) is 0 Å². The Bertz CT molecular complexity index is 332. The Morgan fingerprint density at radius 2 is 2.46 bits per heavy atom. The molecule has 0 unspecified atom stereocenters. The van der Waals surface area contributed by atoms with Crippen molar-refractivity contribution < 1.29 is 4.79 Å². The molecule has 1 aromatic heterocycles. The fourth-order valence-corrected chi connectivity index (χ4v) is 2.58. The summed E-state index contributed by atoms with van der Waals surface area (Å²) in [6.45, 7) is 1.40. The molecule has 2 rings (SSSR count). The first-order chi connectivity index (χ1) is 6.33. The van der Waals surface area contributed by atoms with Crippen molar-refractivity contribution in [3.05, 3.63) is 21.4 Å². The summed E-state index contributed by atoms with van der Waals surface area (Å²) < 4.78 is 0. The molecule has 0 aromatic carbocycles. The largest absolute Gasteiger partial charge is 0.347 e. The molecule has 0 spiro atoms. The van der Waals surface area contributed by atoms with Gasteiger partial charge in [-0.3, -0.25) is 4.79 Å². The minimum absolute atomic E-state index is 0.0864. The summed E-state index contributed by atoms with van der Waals surface area (Å²) >= 11 is 1.67. The maximum atomic E-state index is 11.4. The van der Waals surface area contributed by atoms with Gasteiger partial charge in [0.25, 0.3) is 5.91 Å². The van der Waals surface area contributed by atoms with Crippen LogP contribution in [-0.2, 0) is 13.0 Å².